The zero-order valence-electron chi connectivity index (χ0n) is 14.4. The van der Waals surface area contributed by atoms with Gasteiger partial charge in [-0.2, -0.15) is 0 Å². The lowest BCUT2D eigenvalue weighted by molar-refractivity contribution is -0.223. The van der Waals surface area contributed by atoms with Gasteiger partial charge in [0.2, 0.25) is 0 Å². The summed E-state index contributed by atoms with van der Waals surface area (Å²) in [5.41, 5.74) is 1.15. The molecular formula is C20H29NO3. The molecule has 0 radical (unpaired) electrons. The second-order valence-corrected chi connectivity index (χ2v) is 10.4. The molecule has 132 valence electrons. The maximum absolute atomic E-state index is 11.3. The fourth-order valence-corrected chi connectivity index (χ4v) is 9.62. The predicted octanol–water partition coefficient (Wildman–Crippen LogP) is 1.06. The second kappa shape index (κ2) is 3.95. The molecule has 1 aliphatic heterocycles. The van der Waals surface area contributed by atoms with Crippen LogP contribution in [-0.4, -0.2) is 46.2 Å². The van der Waals surface area contributed by atoms with E-state index in [1.165, 1.54) is 6.42 Å². The van der Waals surface area contributed by atoms with E-state index in [1.54, 1.807) is 0 Å². The first-order valence-corrected chi connectivity index (χ1v) is 9.80. The number of fused-ring (bicyclic) bond motifs is 1. The highest BCUT2D eigenvalue weighted by atomic mass is 16.3. The Morgan fingerprint density at radius 2 is 1.96 bits per heavy atom. The second-order valence-electron chi connectivity index (χ2n) is 10.4. The molecule has 6 saturated carbocycles. The number of nitrogens with one attached hydrogen (secondary N) is 1. The standard InChI is InChI=1S/C20H29NO3/c1-9-5-19-4-3-11-18(2)6-10(22)7-20(11)16(19)15(24)12(9)14(23)13(19)17(20)21-8-18/h10-17,21-24H,1,3-8H2,2H3/t10-,11+,12-,13+,14+,15+,16+,17+,18-,19+,20-/m0/s1. The van der Waals surface area contributed by atoms with E-state index >= 15 is 0 Å². The molecule has 0 unspecified atom stereocenters. The monoisotopic (exact) mass is 331 g/mol. The maximum atomic E-state index is 11.3. The van der Waals surface area contributed by atoms with Gasteiger partial charge < -0.3 is 20.6 Å². The van der Waals surface area contributed by atoms with Crippen molar-refractivity contribution in [2.75, 3.05) is 6.54 Å². The SMILES string of the molecule is C=C1C[C@]23CC[C@@H]4[C@]5(C)CN[C@@H]6[C@H]2[C@H](O)[C@H]1[C@@H](O)[C@H]3[C@@]64C[C@@H](O)C5. The molecule has 11 atom stereocenters. The van der Waals surface area contributed by atoms with Crippen LogP contribution in [-0.2, 0) is 0 Å². The molecule has 24 heavy (non-hydrogen) atoms. The third-order valence-electron chi connectivity index (χ3n) is 9.68. The lowest BCUT2D eigenvalue weighted by Gasteiger charge is -2.67. The van der Waals surface area contributed by atoms with E-state index in [1.807, 2.05) is 0 Å². The van der Waals surface area contributed by atoms with Crippen LogP contribution in [0.5, 0.6) is 0 Å². The van der Waals surface area contributed by atoms with Crippen molar-refractivity contribution in [2.24, 2.45) is 39.9 Å². The van der Waals surface area contributed by atoms with Crippen molar-refractivity contribution in [3.8, 4) is 0 Å². The summed E-state index contributed by atoms with van der Waals surface area (Å²) >= 11 is 0. The summed E-state index contributed by atoms with van der Waals surface area (Å²) in [7, 11) is 0. The van der Waals surface area contributed by atoms with E-state index in [9.17, 15) is 15.3 Å². The predicted molar refractivity (Wildman–Crippen MR) is 89.0 cm³/mol. The molecule has 0 aromatic carbocycles. The Balaban J connectivity index is 1.63. The van der Waals surface area contributed by atoms with Crippen molar-refractivity contribution >= 4 is 0 Å². The van der Waals surface area contributed by atoms with Crippen LogP contribution < -0.4 is 5.32 Å². The summed E-state index contributed by atoms with van der Waals surface area (Å²) in [5, 5.41) is 37.1. The van der Waals surface area contributed by atoms with Gasteiger partial charge >= 0.3 is 0 Å². The lowest BCUT2D eigenvalue weighted by Crippen LogP contribution is -2.69. The van der Waals surface area contributed by atoms with Gasteiger partial charge in [-0.1, -0.05) is 19.1 Å². The highest BCUT2D eigenvalue weighted by Crippen LogP contribution is 2.81. The molecule has 7 aliphatic rings. The molecule has 1 heterocycles. The Kier molecular flexibility index (Phi) is 2.42. The number of aliphatic hydroxyl groups is 3. The van der Waals surface area contributed by atoms with E-state index in [4.69, 9.17) is 0 Å². The van der Waals surface area contributed by atoms with Crippen molar-refractivity contribution in [1.82, 2.24) is 5.32 Å². The summed E-state index contributed by atoms with van der Waals surface area (Å²) in [4.78, 5) is 0. The lowest BCUT2D eigenvalue weighted by atomic mass is 9.39. The van der Waals surface area contributed by atoms with Crippen molar-refractivity contribution in [3.05, 3.63) is 12.2 Å². The Morgan fingerprint density at radius 3 is 2.75 bits per heavy atom. The molecule has 7 fully saturated rings. The highest BCUT2D eigenvalue weighted by Gasteiger charge is 2.82. The van der Waals surface area contributed by atoms with Crippen LogP contribution in [0, 0.1) is 39.9 Å². The number of aliphatic hydroxyl groups excluding tert-OH is 3. The zero-order chi connectivity index (χ0) is 16.6. The third-order valence-corrected chi connectivity index (χ3v) is 9.68. The quantitative estimate of drug-likeness (QED) is 0.501. The van der Waals surface area contributed by atoms with Gasteiger partial charge in [-0.25, -0.2) is 0 Å². The van der Waals surface area contributed by atoms with Crippen molar-refractivity contribution in [3.63, 3.8) is 0 Å². The van der Waals surface area contributed by atoms with Gasteiger partial charge in [-0.15, -0.1) is 0 Å². The summed E-state index contributed by atoms with van der Waals surface area (Å²) in [6.07, 6.45) is 3.72. The van der Waals surface area contributed by atoms with Gasteiger partial charge in [0.1, 0.15) is 0 Å². The van der Waals surface area contributed by atoms with Crippen molar-refractivity contribution in [1.29, 1.82) is 0 Å². The van der Waals surface area contributed by atoms with Crippen LogP contribution >= 0.6 is 0 Å². The van der Waals surface area contributed by atoms with Crippen LogP contribution in [0.3, 0.4) is 0 Å². The van der Waals surface area contributed by atoms with E-state index < -0.39 is 12.2 Å². The summed E-state index contributed by atoms with van der Waals surface area (Å²) < 4.78 is 0. The fourth-order valence-electron chi connectivity index (χ4n) is 9.62. The largest absolute Gasteiger partial charge is 0.393 e. The maximum Gasteiger partial charge on any atom is 0.0679 e. The molecule has 7 rings (SSSR count). The minimum Gasteiger partial charge on any atom is -0.393 e. The van der Waals surface area contributed by atoms with Crippen LogP contribution in [0.4, 0.5) is 0 Å². The Bertz CT molecular complexity index is 651. The van der Waals surface area contributed by atoms with Gasteiger partial charge in [0.05, 0.1) is 18.3 Å². The molecule has 2 spiro atoms. The first-order chi connectivity index (χ1) is 11.4. The van der Waals surface area contributed by atoms with Gasteiger partial charge in [0.15, 0.2) is 0 Å². The van der Waals surface area contributed by atoms with Crippen LogP contribution in [0.25, 0.3) is 0 Å². The number of hydrogen-bond acceptors (Lipinski definition) is 4. The van der Waals surface area contributed by atoms with Gasteiger partial charge in [0, 0.05) is 24.4 Å². The Labute approximate surface area is 143 Å². The van der Waals surface area contributed by atoms with Gasteiger partial charge in [-0.05, 0) is 60.2 Å². The summed E-state index contributed by atoms with van der Waals surface area (Å²) in [6, 6.07) is 0.251. The normalized spacial score (nSPS) is 69.1. The van der Waals surface area contributed by atoms with Crippen LogP contribution in [0.1, 0.15) is 39.0 Å². The van der Waals surface area contributed by atoms with Crippen LogP contribution in [0.15, 0.2) is 12.2 Å². The fraction of sp³-hybridized carbons (Fsp3) is 0.900. The molecule has 6 aliphatic carbocycles. The summed E-state index contributed by atoms with van der Waals surface area (Å²) in [5.74, 6) is 0.850. The zero-order valence-corrected chi connectivity index (χ0v) is 14.4. The molecule has 1 saturated heterocycles. The Morgan fingerprint density at radius 1 is 1.17 bits per heavy atom. The molecule has 6 bridgehead atoms. The van der Waals surface area contributed by atoms with Crippen LogP contribution in [0.2, 0.25) is 0 Å². The number of hydrogen-bond donors (Lipinski definition) is 4. The van der Waals surface area contributed by atoms with E-state index in [0.29, 0.717) is 5.92 Å². The number of rotatable bonds is 0. The van der Waals surface area contributed by atoms with Gasteiger partial charge in [-0.3, -0.25) is 0 Å². The molecule has 0 aromatic heterocycles. The molecule has 0 amide bonds. The number of piperidine rings is 1. The topological polar surface area (TPSA) is 72.7 Å². The van der Waals surface area contributed by atoms with Crippen molar-refractivity contribution in [2.45, 2.75) is 63.4 Å². The molecular weight excluding hydrogens is 302 g/mol. The Hall–Kier alpha value is -0.420. The van der Waals surface area contributed by atoms with E-state index in [0.717, 1.165) is 37.8 Å². The van der Waals surface area contributed by atoms with Gasteiger partial charge in [0.25, 0.3) is 0 Å². The molecule has 4 nitrogen and oxygen atoms in total. The molecule has 4 heteroatoms. The first-order valence-electron chi connectivity index (χ1n) is 9.80. The first kappa shape index (κ1) is 14.7. The smallest absolute Gasteiger partial charge is 0.0679 e. The minimum absolute atomic E-state index is 0.00113. The highest BCUT2D eigenvalue weighted by molar-refractivity contribution is 5.37. The average Bonchev–Trinajstić information content (AvgIpc) is 2.61. The van der Waals surface area contributed by atoms with Crippen molar-refractivity contribution < 1.29 is 15.3 Å². The average molecular weight is 331 g/mol. The van der Waals surface area contributed by atoms with E-state index in [-0.39, 0.29) is 46.1 Å². The summed E-state index contributed by atoms with van der Waals surface area (Å²) in [6.45, 7) is 7.52. The molecule has 0 aromatic rings. The van der Waals surface area contributed by atoms with E-state index in [2.05, 4.69) is 18.8 Å². The molecule has 4 N–H and O–H groups in total. The third kappa shape index (κ3) is 1.22. The minimum atomic E-state index is -0.486.